The Hall–Kier alpha value is -0.120. The summed E-state index contributed by atoms with van der Waals surface area (Å²) in [4.78, 5) is 2.63. The summed E-state index contributed by atoms with van der Waals surface area (Å²) in [6.07, 6.45) is 4.02. The van der Waals surface area contributed by atoms with Crippen LogP contribution in [0, 0.1) is 11.8 Å². The fourth-order valence-corrected chi connectivity index (χ4v) is 2.72. The van der Waals surface area contributed by atoms with Crippen LogP contribution in [-0.4, -0.2) is 49.8 Å². The summed E-state index contributed by atoms with van der Waals surface area (Å²) in [5.74, 6) is 1.61. The second kappa shape index (κ2) is 6.88. The number of ether oxygens (including phenoxy) is 1. The van der Waals surface area contributed by atoms with Gasteiger partial charge in [0.15, 0.2) is 0 Å². The van der Waals surface area contributed by atoms with E-state index in [1.54, 1.807) is 0 Å². The molecule has 18 heavy (non-hydrogen) atoms. The highest BCUT2D eigenvalue weighted by molar-refractivity contribution is 4.86. The molecule has 1 saturated heterocycles. The van der Waals surface area contributed by atoms with Crippen molar-refractivity contribution in [3.8, 4) is 0 Å². The Morgan fingerprint density at radius 1 is 1.33 bits per heavy atom. The van der Waals surface area contributed by atoms with Crippen LogP contribution in [0.2, 0.25) is 0 Å². The van der Waals surface area contributed by atoms with Gasteiger partial charge in [-0.2, -0.15) is 0 Å². The molecule has 2 unspecified atom stereocenters. The minimum atomic E-state index is 0.649. The molecule has 1 aliphatic carbocycles. The van der Waals surface area contributed by atoms with Gasteiger partial charge in [-0.1, -0.05) is 20.8 Å². The smallest absolute Gasteiger partial charge is 0.0593 e. The predicted molar refractivity (Wildman–Crippen MR) is 75.8 cm³/mol. The maximum Gasteiger partial charge on any atom is 0.0593 e. The summed E-state index contributed by atoms with van der Waals surface area (Å²) in [6.45, 7) is 12.3. The molecule has 2 atom stereocenters. The van der Waals surface area contributed by atoms with Crippen molar-refractivity contribution < 1.29 is 4.74 Å². The van der Waals surface area contributed by atoms with Crippen LogP contribution in [0.3, 0.4) is 0 Å². The summed E-state index contributed by atoms with van der Waals surface area (Å²) in [7, 11) is 0. The van der Waals surface area contributed by atoms with Crippen LogP contribution in [-0.2, 0) is 4.74 Å². The van der Waals surface area contributed by atoms with Gasteiger partial charge in [-0.05, 0) is 31.1 Å². The average molecular weight is 254 g/mol. The Labute approximate surface area is 112 Å². The van der Waals surface area contributed by atoms with E-state index in [9.17, 15) is 0 Å². The molecule has 0 amide bonds. The zero-order valence-electron chi connectivity index (χ0n) is 12.3. The quantitative estimate of drug-likeness (QED) is 0.704. The topological polar surface area (TPSA) is 24.5 Å². The predicted octanol–water partition coefficient (Wildman–Crippen LogP) is 2.12. The second-order valence-corrected chi connectivity index (χ2v) is 6.33. The number of hydrogen-bond donors (Lipinski definition) is 1. The molecular weight excluding hydrogens is 224 g/mol. The first-order chi connectivity index (χ1) is 8.70. The minimum absolute atomic E-state index is 0.649. The Morgan fingerprint density at radius 3 is 2.72 bits per heavy atom. The van der Waals surface area contributed by atoms with E-state index in [0.29, 0.717) is 12.1 Å². The highest BCUT2D eigenvalue weighted by Gasteiger charge is 2.28. The highest BCUT2D eigenvalue weighted by Crippen LogP contribution is 2.28. The van der Waals surface area contributed by atoms with E-state index in [2.05, 4.69) is 31.0 Å². The van der Waals surface area contributed by atoms with Crippen molar-refractivity contribution in [3.63, 3.8) is 0 Å². The van der Waals surface area contributed by atoms with E-state index >= 15 is 0 Å². The average Bonchev–Trinajstić information content (AvgIpc) is 3.18. The van der Waals surface area contributed by atoms with Crippen LogP contribution in [0.25, 0.3) is 0 Å². The summed E-state index contributed by atoms with van der Waals surface area (Å²) in [6, 6.07) is 1.35. The summed E-state index contributed by atoms with van der Waals surface area (Å²) < 4.78 is 5.79. The van der Waals surface area contributed by atoms with Gasteiger partial charge < -0.3 is 10.1 Å². The minimum Gasteiger partial charge on any atom is -0.380 e. The molecule has 1 saturated carbocycles. The maximum atomic E-state index is 5.79. The van der Waals surface area contributed by atoms with Crippen LogP contribution < -0.4 is 5.32 Å². The molecule has 3 heteroatoms. The van der Waals surface area contributed by atoms with E-state index in [-0.39, 0.29) is 0 Å². The third kappa shape index (κ3) is 4.22. The Kier molecular flexibility index (Phi) is 5.46. The number of nitrogens with one attached hydrogen (secondary N) is 1. The van der Waals surface area contributed by atoms with E-state index in [4.69, 9.17) is 4.74 Å². The van der Waals surface area contributed by atoms with Gasteiger partial charge in [0, 0.05) is 38.3 Å². The molecule has 0 radical (unpaired) electrons. The molecule has 0 bridgehead atoms. The van der Waals surface area contributed by atoms with E-state index in [0.717, 1.165) is 38.1 Å². The third-order valence-corrected chi connectivity index (χ3v) is 4.41. The van der Waals surface area contributed by atoms with Crippen LogP contribution in [0.4, 0.5) is 0 Å². The van der Waals surface area contributed by atoms with Gasteiger partial charge in [-0.3, -0.25) is 4.90 Å². The number of rotatable bonds is 7. The molecule has 1 aliphatic heterocycles. The Balaban J connectivity index is 1.70. The number of hydrogen-bond acceptors (Lipinski definition) is 3. The van der Waals surface area contributed by atoms with Crippen LogP contribution in [0.15, 0.2) is 0 Å². The van der Waals surface area contributed by atoms with Crippen molar-refractivity contribution in [2.75, 3.05) is 32.8 Å². The lowest BCUT2D eigenvalue weighted by Gasteiger charge is -2.41. The first-order valence-electron chi connectivity index (χ1n) is 7.75. The maximum absolute atomic E-state index is 5.79. The Bertz CT molecular complexity index is 241. The van der Waals surface area contributed by atoms with E-state index in [1.807, 2.05) is 0 Å². The van der Waals surface area contributed by atoms with Gasteiger partial charge in [0.2, 0.25) is 0 Å². The lowest BCUT2D eigenvalue weighted by Crippen LogP contribution is -2.58. The molecular formula is C15H30N2O. The highest BCUT2D eigenvalue weighted by atomic mass is 16.5. The van der Waals surface area contributed by atoms with Gasteiger partial charge in [0.05, 0.1) is 6.61 Å². The van der Waals surface area contributed by atoms with Gasteiger partial charge in [0.1, 0.15) is 0 Å². The molecule has 1 heterocycles. The molecule has 0 aromatic rings. The molecule has 3 nitrogen and oxygen atoms in total. The van der Waals surface area contributed by atoms with Crippen molar-refractivity contribution in [3.05, 3.63) is 0 Å². The van der Waals surface area contributed by atoms with Crippen molar-refractivity contribution in [2.24, 2.45) is 11.8 Å². The second-order valence-electron chi connectivity index (χ2n) is 6.33. The van der Waals surface area contributed by atoms with Gasteiger partial charge in [0.25, 0.3) is 0 Å². The van der Waals surface area contributed by atoms with Crippen molar-refractivity contribution in [1.82, 2.24) is 10.2 Å². The summed E-state index contributed by atoms with van der Waals surface area (Å²) in [5, 5.41) is 3.69. The first kappa shape index (κ1) is 14.3. The fraction of sp³-hybridized carbons (Fsp3) is 1.00. The van der Waals surface area contributed by atoms with Crippen LogP contribution >= 0.6 is 0 Å². The fourth-order valence-electron chi connectivity index (χ4n) is 2.72. The molecule has 2 aliphatic rings. The molecule has 2 fully saturated rings. The van der Waals surface area contributed by atoms with Crippen molar-refractivity contribution in [2.45, 2.75) is 52.1 Å². The SMILES string of the molecule is CCC1CNC(C(C)C)CN1CCOCC1CC1. The van der Waals surface area contributed by atoms with Gasteiger partial charge in [-0.15, -0.1) is 0 Å². The largest absolute Gasteiger partial charge is 0.380 e. The zero-order chi connectivity index (χ0) is 13.0. The molecule has 106 valence electrons. The molecule has 0 aromatic carbocycles. The lowest BCUT2D eigenvalue weighted by molar-refractivity contribution is 0.0541. The van der Waals surface area contributed by atoms with Gasteiger partial charge >= 0.3 is 0 Å². The summed E-state index contributed by atoms with van der Waals surface area (Å²) in [5.41, 5.74) is 0. The van der Waals surface area contributed by atoms with Crippen LogP contribution in [0.5, 0.6) is 0 Å². The zero-order valence-corrected chi connectivity index (χ0v) is 12.3. The number of nitrogens with zero attached hydrogens (tertiary/aromatic N) is 1. The number of piperazine rings is 1. The monoisotopic (exact) mass is 254 g/mol. The van der Waals surface area contributed by atoms with Crippen molar-refractivity contribution in [1.29, 1.82) is 0 Å². The van der Waals surface area contributed by atoms with E-state index < -0.39 is 0 Å². The first-order valence-corrected chi connectivity index (χ1v) is 7.75. The molecule has 0 spiro atoms. The third-order valence-electron chi connectivity index (χ3n) is 4.41. The van der Waals surface area contributed by atoms with Crippen molar-refractivity contribution >= 4 is 0 Å². The molecule has 2 rings (SSSR count). The normalized spacial score (nSPS) is 30.0. The molecule has 0 aromatic heterocycles. The standard InChI is InChI=1S/C15H30N2O/c1-4-14-9-16-15(12(2)3)10-17(14)7-8-18-11-13-5-6-13/h12-16H,4-11H2,1-3H3. The van der Waals surface area contributed by atoms with Gasteiger partial charge in [-0.25, -0.2) is 0 Å². The van der Waals surface area contributed by atoms with E-state index in [1.165, 1.54) is 25.8 Å². The van der Waals surface area contributed by atoms with Crippen LogP contribution in [0.1, 0.15) is 40.0 Å². The lowest BCUT2D eigenvalue weighted by atomic mass is 9.98. The molecule has 1 N–H and O–H groups in total. The summed E-state index contributed by atoms with van der Waals surface area (Å²) >= 11 is 0. The Morgan fingerprint density at radius 2 is 2.11 bits per heavy atom.